The van der Waals surface area contributed by atoms with E-state index in [1.807, 2.05) is 0 Å². The van der Waals surface area contributed by atoms with Gasteiger partial charge in [0.1, 0.15) is 5.69 Å². The Morgan fingerprint density at radius 1 is 1.31 bits per heavy atom. The third-order valence-corrected chi connectivity index (χ3v) is 1.83. The van der Waals surface area contributed by atoms with Gasteiger partial charge in [-0.2, -0.15) is 0 Å². The van der Waals surface area contributed by atoms with Crippen LogP contribution in [0.1, 0.15) is 0 Å². The maximum Gasteiger partial charge on any atom is 0.368 e. The average molecular weight is 223 g/mol. The average Bonchev–Trinajstić information content (AvgIpc) is 2.25. The molecule has 1 aromatic rings. The highest BCUT2D eigenvalue weighted by atomic mass is 16.6. The maximum absolute atomic E-state index is 10.7. The normalized spacial score (nSPS) is 9.50. The van der Waals surface area contributed by atoms with Crippen molar-refractivity contribution in [3.05, 3.63) is 51.1 Å². The summed E-state index contributed by atoms with van der Waals surface area (Å²) in [7, 11) is 0. The standard InChI is InChI=1S/C9H9N3O4/c1-2-6-10-7-4-3-5-8(11(13)14)9(7)12(15)16/h2-5,10H,1,6H2. The molecular formula is C9H9N3O4. The topological polar surface area (TPSA) is 98.3 Å². The highest BCUT2D eigenvalue weighted by molar-refractivity contribution is 5.71. The highest BCUT2D eigenvalue weighted by Gasteiger charge is 2.27. The quantitative estimate of drug-likeness (QED) is 0.468. The molecule has 0 aliphatic carbocycles. The van der Waals surface area contributed by atoms with E-state index in [0.717, 1.165) is 6.07 Å². The summed E-state index contributed by atoms with van der Waals surface area (Å²) < 4.78 is 0. The Hall–Kier alpha value is -2.44. The number of nitro groups is 2. The number of anilines is 1. The predicted octanol–water partition coefficient (Wildman–Crippen LogP) is 2.10. The lowest BCUT2D eigenvalue weighted by Crippen LogP contribution is -2.04. The maximum atomic E-state index is 10.7. The van der Waals surface area contributed by atoms with Crippen molar-refractivity contribution in [2.45, 2.75) is 0 Å². The zero-order chi connectivity index (χ0) is 12.1. The van der Waals surface area contributed by atoms with Crippen molar-refractivity contribution >= 4 is 17.1 Å². The van der Waals surface area contributed by atoms with Crippen molar-refractivity contribution in [3.8, 4) is 0 Å². The molecule has 0 aliphatic rings. The minimum absolute atomic E-state index is 0.110. The molecule has 0 amide bonds. The van der Waals surface area contributed by atoms with Gasteiger partial charge in [0.25, 0.3) is 0 Å². The van der Waals surface area contributed by atoms with E-state index in [-0.39, 0.29) is 5.69 Å². The van der Waals surface area contributed by atoms with Gasteiger partial charge in [0.05, 0.1) is 9.85 Å². The number of hydrogen-bond donors (Lipinski definition) is 1. The molecule has 0 bridgehead atoms. The van der Waals surface area contributed by atoms with Crippen LogP contribution in [0.5, 0.6) is 0 Å². The molecule has 0 spiro atoms. The lowest BCUT2D eigenvalue weighted by molar-refractivity contribution is -0.421. The summed E-state index contributed by atoms with van der Waals surface area (Å²) in [6.07, 6.45) is 1.50. The molecule has 16 heavy (non-hydrogen) atoms. The Labute approximate surface area is 90.7 Å². The summed E-state index contributed by atoms with van der Waals surface area (Å²) in [6.45, 7) is 3.74. The monoisotopic (exact) mass is 223 g/mol. The molecule has 0 saturated carbocycles. The lowest BCUT2D eigenvalue weighted by atomic mass is 10.2. The number of hydrogen-bond acceptors (Lipinski definition) is 5. The summed E-state index contributed by atoms with van der Waals surface area (Å²) in [5, 5.41) is 24.0. The fourth-order valence-electron chi connectivity index (χ4n) is 1.20. The van der Waals surface area contributed by atoms with Gasteiger partial charge in [0.2, 0.25) is 0 Å². The SMILES string of the molecule is C=CCNc1cccc([N+](=O)[O-])c1[N+](=O)[O-]. The van der Waals surface area contributed by atoms with Crippen molar-refractivity contribution in [1.29, 1.82) is 0 Å². The van der Waals surface area contributed by atoms with Crippen LogP contribution in [0.2, 0.25) is 0 Å². The van der Waals surface area contributed by atoms with Crippen LogP contribution >= 0.6 is 0 Å². The zero-order valence-electron chi connectivity index (χ0n) is 8.25. The van der Waals surface area contributed by atoms with Gasteiger partial charge in [-0.25, -0.2) is 0 Å². The van der Waals surface area contributed by atoms with E-state index in [2.05, 4.69) is 11.9 Å². The van der Waals surface area contributed by atoms with Gasteiger partial charge in [0, 0.05) is 12.6 Å². The van der Waals surface area contributed by atoms with Crippen LogP contribution in [-0.2, 0) is 0 Å². The summed E-state index contributed by atoms with van der Waals surface area (Å²) >= 11 is 0. The molecule has 1 rings (SSSR count). The fraction of sp³-hybridized carbons (Fsp3) is 0.111. The van der Waals surface area contributed by atoms with Crippen LogP contribution in [0.3, 0.4) is 0 Å². The second kappa shape index (κ2) is 4.87. The summed E-state index contributed by atoms with van der Waals surface area (Å²) in [6, 6.07) is 3.89. The number of nitrogens with one attached hydrogen (secondary N) is 1. The van der Waals surface area contributed by atoms with Crippen molar-refractivity contribution in [2.75, 3.05) is 11.9 Å². The highest BCUT2D eigenvalue weighted by Crippen LogP contribution is 2.33. The summed E-state index contributed by atoms with van der Waals surface area (Å²) in [5.74, 6) is 0. The van der Waals surface area contributed by atoms with Crippen LogP contribution < -0.4 is 5.32 Å². The number of benzene rings is 1. The van der Waals surface area contributed by atoms with Gasteiger partial charge in [0.15, 0.2) is 0 Å². The van der Waals surface area contributed by atoms with E-state index in [4.69, 9.17) is 0 Å². The Morgan fingerprint density at radius 2 is 2.00 bits per heavy atom. The number of nitrogens with zero attached hydrogens (tertiary/aromatic N) is 2. The second-order valence-electron chi connectivity index (χ2n) is 2.86. The van der Waals surface area contributed by atoms with Gasteiger partial charge in [-0.1, -0.05) is 12.1 Å². The van der Waals surface area contributed by atoms with Crippen molar-refractivity contribution < 1.29 is 9.85 Å². The zero-order valence-corrected chi connectivity index (χ0v) is 8.25. The molecule has 1 aromatic carbocycles. The summed E-state index contributed by atoms with van der Waals surface area (Å²) in [4.78, 5) is 19.8. The van der Waals surface area contributed by atoms with Crippen LogP contribution in [0.15, 0.2) is 30.9 Å². The molecule has 7 heteroatoms. The van der Waals surface area contributed by atoms with E-state index >= 15 is 0 Å². The van der Waals surface area contributed by atoms with Crippen LogP contribution in [0.4, 0.5) is 17.1 Å². The molecule has 0 heterocycles. The van der Waals surface area contributed by atoms with Crippen LogP contribution in [0, 0.1) is 20.2 Å². The van der Waals surface area contributed by atoms with Crippen molar-refractivity contribution in [1.82, 2.24) is 0 Å². The van der Waals surface area contributed by atoms with E-state index < -0.39 is 21.2 Å². The van der Waals surface area contributed by atoms with Gasteiger partial charge in [-0.15, -0.1) is 6.58 Å². The largest absolute Gasteiger partial charge is 0.376 e. The van der Waals surface area contributed by atoms with E-state index in [1.165, 1.54) is 18.2 Å². The molecule has 0 aliphatic heterocycles. The van der Waals surface area contributed by atoms with Gasteiger partial charge >= 0.3 is 11.4 Å². The Morgan fingerprint density at radius 3 is 2.50 bits per heavy atom. The molecule has 7 nitrogen and oxygen atoms in total. The molecule has 1 N–H and O–H groups in total. The first-order valence-electron chi connectivity index (χ1n) is 4.34. The van der Waals surface area contributed by atoms with Crippen molar-refractivity contribution in [2.24, 2.45) is 0 Å². The first-order valence-corrected chi connectivity index (χ1v) is 4.34. The van der Waals surface area contributed by atoms with E-state index in [1.54, 1.807) is 0 Å². The number of nitro benzene ring substituents is 2. The van der Waals surface area contributed by atoms with Crippen molar-refractivity contribution in [3.63, 3.8) is 0 Å². The third-order valence-electron chi connectivity index (χ3n) is 1.83. The Kier molecular flexibility index (Phi) is 3.54. The Bertz CT molecular complexity index is 444. The summed E-state index contributed by atoms with van der Waals surface area (Å²) in [5.41, 5.74) is -0.951. The molecule has 0 fully saturated rings. The lowest BCUT2D eigenvalue weighted by Gasteiger charge is -2.04. The first-order chi connectivity index (χ1) is 7.57. The molecule has 0 unspecified atom stereocenters. The van der Waals surface area contributed by atoms with E-state index in [0.29, 0.717) is 6.54 Å². The number of rotatable bonds is 5. The van der Waals surface area contributed by atoms with Gasteiger partial charge in [-0.05, 0) is 6.07 Å². The molecule has 0 radical (unpaired) electrons. The van der Waals surface area contributed by atoms with Gasteiger partial charge in [-0.3, -0.25) is 20.2 Å². The smallest absolute Gasteiger partial charge is 0.368 e. The Balaban J connectivity index is 3.26. The number of para-hydroxylation sites is 1. The minimum Gasteiger partial charge on any atom is -0.376 e. The second-order valence-corrected chi connectivity index (χ2v) is 2.86. The van der Waals surface area contributed by atoms with Crippen LogP contribution in [-0.4, -0.2) is 16.4 Å². The van der Waals surface area contributed by atoms with E-state index in [9.17, 15) is 20.2 Å². The van der Waals surface area contributed by atoms with Gasteiger partial charge < -0.3 is 5.32 Å². The fourth-order valence-corrected chi connectivity index (χ4v) is 1.20. The molecule has 84 valence electrons. The minimum atomic E-state index is -0.781. The third kappa shape index (κ3) is 2.32. The predicted molar refractivity (Wildman–Crippen MR) is 58.4 cm³/mol. The van der Waals surface area contributed by atoms with Crippen LogP contribution in [0.25, 0.3) is 0 Å². The molecule has 0 atom stereocenters. The first kappa shape index (κ1) is 11.6. The molecule has 0 saturated heterocycles. The molecule has 0 aromatic heterocycles. The molecular weight excluding hydrogens is 214 g/mol.